The van der Waals surface area contributed by atoms with Gasteiger partial charge in [0.25, 0.3) is 5.89 Å². The van der Waals surface area contributed by atoms with Crippen molar-refractivity contribution in [2.24, 2.45) is 0 Å². The number of nitrogen functional groups attached to an aromatic ring is 1. The molecule has 0 aliphatic heterocycles. The van der Waals surface area contributed by atoms with E-state index >= 15 is 0 Å². The topological polar surface area (TPSA) is 74.2 Å². The van der Waals surface area contributed by atoms with Crippen LogP contribution in [0.3, 0.4) is 0 Å². The predicted molar refractivity (Wildman–Crippen MR) is 64.2 cm³/mol. The molecule has 0 bridgehead atoms. The van der Waals surface area contributed by atoms with Gasteiger partial charge in [-0.2, -0.15) is 4.98 Å². The Morgan fingerprint density at radius 3 is 2.71 bits per heavy atom. The van der Waals surface area contributed by atoms with Crippen molar-refractivity contribution in [1.82, 2.24) is 10.1 Å². The Labute approximate surface area is 99.6 Å². The fourth-order valence-electron chi connectivity index (χ4n) is 1.47. The van der Waals surface area contributed by atoms with E-state index in [0.29, 0.717) is 24.0 Å². The zero-order valence-electron chi connectivity index (χ0n) is 9.88. The molecule has 90 valence electrons. The number of anilines is 1. The molecule has 0 amide bonds. The molecule has 5 nitrogen and oxygen atoms in total. The third kappa shape index (κ3) is 2.62. The lowest BCUT2D eigenvalue weighted by molar-refractivity contribution is 0.0683. The lowest BCUT2D eigenvalue weighted by atomic mass is 10.2. The molecular weight excluding hydrogens is 218 g/mol. The van der Waals surface area contributed by atoms with Gasteiger partial charge in [-0.3, -0.25) is 0 Å². The molecule has 0 saturated heterocycles. The Hall–Kier alpha value is -1.88. The largest absolute Gasteiger partial charge is 0.399 e. The second-order valence-corrected chi connectivity index (χ2v) is 3.68. The second kappa shape index (κ2) is 4.97. The lowest BCUT2D eigenvalue weighted by Gasteiger charge is -2.04. The van der Waals surface area contributed by atoms with Gasteiger partial charge in [-0.05, 0) is 38.1 Å². The summed E-state index contributed by atoms with van der Waals surface area (Å²) in [5, 5.41) is 3.89. The van der Waals surface area contributed by atoms with Gasteiger partial charge >= 0.3 is 0 Å². The molecular formula is C12H15N3O2. The number of hydrogen-bond donors (Lipinski definition) is 1. The zero-order chi connectivity index (χ0) is 12.3. The van der Waals surface area contributed by atoms with E-state index in [1.807, 2.05) is 26.0 Å². The van der Waals surface area contributed by atoms with E-state index in [1.165, 1.54) is 0 Å². The first-order valence-corrected chi connectivity index (χ1v) is 5.52. The molecule has 0 radical (unpaired) electrons. The molecule has 5 heteroatoms. The van der Waals surface area contributed by atoms with E-state index in [9.17, 15) is 0 Å². The van der Waals surface area contributed by atoms with Gasteiger partial charge < -0.3 is 15.0 Å². The molecule has 1 atom stereocenters. The summed E-state index contributed by atoms with van der Waals surface area (Å²) in [6.45, 7) is 4.44. The van der Waals surface area contributed by atoms with E-state index in [2.05, 4.69) is 10.1 Å². The van der Waals surface area contributed by atoms with Gasteiger partial charge in [0.15, 0.2) is 0 Å². The molecule has 1 aromatic carbocycles. The van der Waals surface area contributed by atoms with Crippen LogP contribution in [0.2, 0.25) is 0 Å². The van der Waals surface area contributed by atoms with Crippen molar-refractivity contribution >= 4 is 5.69 Å². The predicted octanol–water partition coefficient (Wildman–Crippen LogP) is 2.42. The summed E-state index contributed by atoms with van der Waals surface area (Å²) in [7, 11) is 0. The van der Waals surface area contributed by atoms with Gasteiger partial charge in [-0.15, -0.1) is 0 Å². The van der Waals surface area contributed by atoms with Crippen LogP contribution in [-0.4, -0.2) is 16.7 Å². The van der Waals surface area contributed by atoms with E-state index in [-0.39, 0.29) is 6.10 Å². The third-order valence-electron chi connectivity index (χ3n) is 2.38. The number of hydrogen-bond acceptors (Lipinski definition) is 5. The minimum absolute atomic E-state index is 0.161. The number of aromatic nitrogens is 2. The fourth-order valence-corrected chi connectivity index (χ4v) is 1.47. The molecule has 2 N–H and O–H groups in total. The van der Waals surface area contributed by atoms with Crippen LogP contribution in [-0.2, 0) is 4.74 Å². The molecule has 0 aliphatic carbocycles. The summed E-state index contributed by atoms with van der Waals surface area (Å²) in [5.41, 5.74) is 7.16. The molecule has 2 aromatic rings. The van der Waals surface area contributed by atoms with Gasteiger partial charge in [0.05, 0.1) is 0 Å². The standard InChI is InChI=1S/C12H15N3O2/c1-3-16-8(2)11-14-12(17-15-11)9-4-6-10(13)7-5-9/h4-8H,3,13H2,1-2H3. The Kier molecular flexibility index (Phi) is 3.39. The van der Waals surface area contributed by atoms with Crippen molar-refractivity contribution in [2.75, 3.05) is 12.3 Å². The van der Waals surface area contributed by atoms with Crippen LogP contribution in [0.1, 0.15) is 25.8 Å². The van der Waals surface area contributed by atoms with Gasteiger partial charge in [-0.25, -0.2) is 0 Å². The minimum Gasteiger partial charge on any atom is -0.399 e. The number of nitrogens with two attached hydrogens (primary N) is 1. The number of rotatable bonds is 4. The third-order valence-corrected chi connectivity index (χ3v) is 2.38. The average molecular weight is 233 g/mol. The van der Waals surface area contributed by atoms with Crippen LogP contribution >= 0.6 is 0 Å². The molecule has 1 heterocycles. The van der Waals surface area contributed by atoms with Gasteiger partial charge in [0.2, 0.25) is 5.82 Å². The molecule has 1 unspecified atom stereocenters. The van der Waals surface area contributed by atoms with Crippen LogP contribution in [0.5, 0.6) is 0 Å². The lowest BCUT2D eigenvalue weighted by Crippen LogP contribution is -2.01. The van der Waals surface area contributed by atoms with Crippen LogP contribution in [0.4, 0.5) is 5.69 Å². The molecule has 2 rings (SSSR count). The van der Waals surface area contributed by atoms with E-state index in [4.69, 9.17) is 15.0 Å². The van der Waals surface area contributed by atoms with Crippen molar-refractivity contribution in [3.63, 3.8) is 0 Å². The molecule has 0 fully saturated rings. The number of nitrogens with zero attached hydrogens (tertiary/aromatic N) is 2. The normalized spacial score (nSPS) is 12.6. The van der Waals surface area contributed by atoms with Crippen molar-refractivity contribution in [1.29, 1.82) is 0 Å². The highest BCUT2D eigenvalue weighted by molar-refractivity contribution is 5.56. The van der Waals surface area contributed by atoms with Gasteiger partial charge in [0, 0.05) is 17.9 Å². The van der Waals surface area contributed by atoms with Gasteiger partial charge in [-0.1, -0.05) is 5.16 Å². The molecule has 0 spiro atoms. The smallest absolute Gasteiger partial charge is 0.258 e. The van der Waals surface area contributed by atoms with Crippen LogP contribution in [0.25, 0.3) is 11.5 Å². The van der Waals surface area contributed by atoms with E-state index in [1.54, 1.807) is 12.1 Å². The maximum Gasteiger partial charge on any atom is 0.258 e. The quantitative estimate of drug-likeness (QED) is 0.821. The Morgan fingerprint density at radius 2 is 2.06 bits per heavy atom. The van der Waals surface area contributed by atoms with E-state index in [0.717, 1.165) is 5.56 Å². The Balaban J connectivity index is 2.20. The van der Waals surface area contributed by atoms with Crippen molar-refractivity contribution in [3.8, 4) is 11.5 Å². The highest BCUT2D eigenvalue weighted by atomic mass is 16.5. The number of ether oxygens (including phenoxy) is 1. The van der Waals surface area contributed by atoms with Crippen molar-refractivity contribution in [2.45, 2.75) is 20.0 Å². The monoisotopic (exact) mass is 233 g/mol. The summed E-state index contributed by atoms with van der Waals surface area (Å²) in [6.07, 6.45) is -0.161. The first-order chi connectivity index (χ1) is 8.20. The average Bonchev–Trinajstić information content (AvgIpc) is 2.80. The molecule has 0 saturated carbocycles. The van der Waals surface area contributed by atoms with Gasteiger partial charge in [0.1, 0.15) is 6.10 Å². The first-order valence-electron chi connectivity index (χ1n) is 5.52. The SMILES string of the molecule is CCOC(C)c1noc(-c2ccc(N)cc2)n1. The molecule has 0 aliphatic rings. The highest BCUT2D eigenvalue weighted by Gasteiger charge is 2.14. The zero-order valence-corrected chi connectivity index (χ0v) is 9.88. The molecule has 1 aromatic heterocycles. The van der Waals surface area contributed by atoms with Crippen LogP contribution in [0.15, 0.2) is 28.8 Å². The maximum absolute atomic E-state index is 5.61. The van der Waals surface area contributed by atoms with E-state index < -0.39 is 0 Å². The Morgan fingerprint density at radius 1 is 1.35 bits per heavy atom. The summed E-state index contributed by atoms with van der Waals surface area (Å²) in [4.78, 5) is 4.29. The maximum atomic E-state index is 5.61. The summed E-state index contributed by atoms with van der Waals surface area (Å²) < 4.78 is 10.6. The summed E-state index contributed by atoms with van der Waals surface area (Å²) in [6, 6.07) is 7.28. The van der Waals surface area contributed by atoms with Crippen molar-refractivity contribution < 1.29 is 9.26 Å². The van der Waals surface area contributed by atoms with Crippen molar-refractivity contribution in [3.05, 3.63) is 30.1 Å². The number of benzene rings is 1. The summed E-state index contributed by atoms with van der Waals surface area (Å²) in [5.74, 6) is 1.03. The highest BCUT2D eigenvalue weighted by Crippen LogP contribution is 2.21. The van der Waals surface area contributed by atoms with Crippen LogP contribution in [0, 0.1) is 0 Å². The first kappa shape index (κ1) is 11.6. The second-order valence-electron chi connectivity index (χ2n) is 3.68. The fraction of sp³-hybridized carbons (Fsp3) is 0.333. The minimum atomic E-state index is -0.161. The summed E-state index contributed by atoms with van der Waals surface area (Å²) >= 11 is 0. The Bertz CT molecular complexity index is 479. The molecule has 17 heavy (non-hydrogen) atoms. The van der Waals surface area contributed by atoms with Crippen LogP contribution < -0.4 is 5.73 Å².